The van der Waals surface area contributed by atoms with Gasteiger partial charge in [0.1, 0.15) is 5.76 Å². The molecule has 1 aliphatic carbocycles. The van der Waals surface area contributed by atoms with Crippen molar-refractivity contribution in [3.05, 3.63) is 54.3 Å². The number of ketones is 1. The summed E-state index contributed by atoms with van der Waals surface area (Å²) in [5.74, 6) is 0.400. The quantitative estimate of drug-likeness (QED) is 0.725. The third-order valence-electron chi connectivity index (χ3n) is 4.94. The Morgan fingerprint density at radius 1 is 1.29 bits per heavy atom. The molecule has 3 rings (SSSR count). The summed E-state index contributed by atoms with van der Waals surface area (Å²) in [4.78, 5) is 16.7. The van der Waals surface area contributed by atoms with Crippen LogP contribution in [-0.2, 0) is 24.1 Å². The minimum Gasteiger partial charge on any atom is -0.493 e. The van der Waals surface area contributed by atoms with E-state index in [9.17, 15) is 13.2 Å². The van der Waals surface area contributed by atoms with Crippen LogP contribution in [0.25, 0.3) is 5.57 Å². The van der Waals surface area contributed by atoms with Crippen LogP contribution in [0, 0.1) is 11.3 Å². The first-order chi connectivity index (χ1) is 13.1. The lowest BCUT2D eigenvalue weighted by atomic mass is 9.70. The Hall–Kier alpha value is -2.41. The maximum absolute atomic E-state index is 12.2. The molecule has 7 heteroatoms. The van der Waals surface area contributed by atoms with Crippen LogP contribution in [0.2, 0.25) is 0 Å². The normalized spacial score (nSPS) is 23.8. The fourth-order valence-corrected chi connectivity index (χ4v) is 3.94. The van der Waals surface area contributed by atoms with Crippen molar-refractivity contribution in [1.82, 2.24) is 4.98 Å². The van der Waals surface area contributed by atoms with Gasteiger partial charge < -0.3 is 9.47 Å². The Kier molecular flexibility index (Phi) is 5.48. The second-order valence-electron chi connectivity index (χ2n) is 7.70. The zero-order valence-electron chi connectivity index (χ0n) is 16.5. The van der Waals surface area contributed by atoms with E-state index in [-0.39, 0.29) is 22.0 Å². The summed E-state index contributed by atoms with van der Waals surface area (Å²) in [6.07, 6.45) is 9.59. The van der Waals surface area contributed by atoms with E-state index in [4.69, 9.17) is 9.47 Å². The highest BCUT2D eigenvalue weighted by molar-refractivity contribution is 7.90. The van der Waals surface area contributed by atoms with E-state index in [0.717, 1.165) is 18.2 Å². The molecule has 0 bridgehead atoms. The molecule has 0 N–H and O–H groups in total. The first kappa shape index (κ1) is 20.3. The van der Waals surface area contributed by atoms with Crippen LogP contribution in [0.4, 0.5) is 0 Å². The number of allylic oxidation sites excluding steroid dienone is 2. The van der Waals surface area contributed by atoms with Crippen LogP contribution >= 0.6 is 0 Å². The van der Waals surface area contributed by atoms with Crippen molar-refractivity contribution in [1.29, 1.82) is 0 Å². The van der Waals surface area contributed by atoms with Crippen molar-refractivity contribution in [3.63, 3.8) is 0 Å². The van der Waals surface area contributed by atoms with Gasteiger partial charge >= 0.3 is 0 Å². The lowest BCUT2D eigenvalue weighted by Gasteiger charge is -2.37. The number of carbonyl (C=O) groups excluding carboxylic acids is 1. The van der Waals surface area contributed by atoms with Gasteiger partial charge in [-0.1, -0.05) is 26.8 Å². The molecule has 0 saturated heterocycles. The van der Waals surface area contributed by atoms with Crippen LogP contribution < -0.4 is 0 Å². The largest absolute Gasteiger partial charge is 0.493 e. The zero-order chi connectivity index (χ0) is 20.5. The van der Waals surface area contributed by atoms with Crippen molar-refractivity contribution in [3.8, 4) is 0 Å². The Labute approximate surface area is 165 Å². The lowest BCUT2D eigenvalue weighted by molar-refractivity contribution is -0.123. The molecule has 0 fully saturated rings. The Bertz CT molecular complexity index is 955. The summed E-state index contributed by atoms with van der Waals surface area (Å²) < 4.78 is 35.0. The van der Waals surface area contributed by atoms with E-state index < -0.39 is 15.9 Å². The predicted molar refractivity (Wildman–Crippen MR) is 106 cm³/mol. The van der Waals surface area contributed by atoms with Crippen molar-refractivity contribution < 1.29 is 22.7 Å². The molecule has 0 amide bonds. The number of aromatic nitrogens is 1. The average Bonchev–Trinajstić information content (AvgIpc) is 3.04. The van der Waals surface area contributed by atoms with Gasteiger partial charge in [-0.3, -0.25) is 9.78 Å². The summed E-state index contributed by atoms with van der Waals surface area (Å²) in [7, 11) is -3.33. The molecule has 6 nitrogen and oxygen atoms in total. The van der Waals surface area contributed by atoms with Gasteiger partial charge in [-0.05, 0) is 30.0 Å². The first-order valence-corrected chi connectivity index (χ1v) is 11.1. The average molecular weight is 404 g/mol. The Balaban J connectivity index is 2.03. The van der Waals surface area contributed by atoms with Gasteiger partial charge in [0.05, 0.1) is 23.5 Å². The third-order valence-corrected chi connectivity index (χ3v) is 6.04. The molecule has 0 radical (unpaired) electrons. The summed E-state index contributed by atoms with van der Waals surface area (Å²) in [5, 5.41) is 0. The van der Waals surface area contributed by atoms with E-state index in [1.54, 1.807) is 6.07 Å². The van der Waals surface area contributed by atoms with Crippen molar-refractivity contribution in [2.75, 3.05) is 12.9 Å². The fraction of sp³-hybridized carbons (Fsp3) is 0.429. The lowest BCUT2D eigenvalue weighted by Crippen LogP contribution is -2.37. The van der Waals surface area contributed by atoms with Gasteiger partial charge in [0.25, 0.3) is 0 Å². The minimum atomic E-state index is -3.33. The van der Waals surface area contributed by atoms with E-state index in [1.807, 2.05) is 32.9 Å². The maximum atomic E-state index is 12.2. The van der Waals surface area contributed by atoms with Crippen LogP contribution in [-0.4, -0.2) is 38.2 Å². The molecule has 150 valence electrons. The molecule has 2 aliphatic rings. The molecule has 1 aromatic rings. The van der Waals surface area contributed by atoms with E-state index in [0.29, 0.717) is 18.1 Å². The van der Waals surface area contributed by atoms with Crippen LogP contribution in [0.1, 0.15) is 32.9 Å². The number of hydrogen-bond donors (Lipinski definition) is 0. The molecule has 1 aromatic heterocycles. The molecule has 0 aromatic carbocycles. The standard InChI is InChI=1S/C21H25NO5S/c1-5-9-26-19-12-21(2,3)16(20-18(23)8-10-27-20)11-15(19)17-7-6-14(13-22-17)28(4,24)25/h6-8,10-13,16,20H,5,9H2,1-4H3. The zero-order valence-corrected chi connectivity index (χ0v) is 17.3. The minimum absolute atomic E-state index is 0.0691. The smallest absolute Gasteiger partial charge is 0.199 e. The Morgan fingerprint density at radius 3 is 2.57 bits per heavy atom. The number of sulfone groups is 1. The van der Waals surface area contributed by atoms with E-state index in [1.165, 1.54) is 24.6 Å². The monoisotopic (exact) mass is 403 g/mol. The molecular formula is C21H25NO5S. The molecule has 2 atom stereocenters. The van der Waals surface area contributed by atoms with Gasteiger partial charge in [-0.15, -0.1) is 0 Å². The van der Waals surface area contributed by atoms with Crippen molar-refractivity contribution >= 4 is 21.2 Å². The second-order valence-corrected chi connectivity index (χ2v) is 9.71. The number of nitrogens with zero attached hydrogens (tertiary/aromatic N) is 1. The highest BCUT2D eigenvalue weighted by Gasteiger charge is 2.42. The van der Waals surface area contributed by atoms with Crippen LogP contribution in [0.15, 0.2) is 53.5 Å². The molecule has 2 unspecified atom stereocenters. The molecular weight excluding hydrogens is 378 g/mol. The van der Waals surface area contributed by atoms with Gasteiger partial charge in [-0.2, -0.15) is 0 Å². The topological polar surface area (TPSA) is 82.6 Å². The third kappa shape index (κ3) is 4.04. The van der Waals surface area contributed by atoms with Gasteiger partial charge in [0, 0.05) is 30.0 Å². The molecule has 28 heavy (non-hydrogen) atoms. The van der Waals surface area contributed by atoms with Crippen molar-refractivity contribution in [2.24, 2.45) is 11.3 Å². The Morgan fingerprint density at radius 2 is 2.04 bits per heavy atom. The summed E-state index contributed by atoms with van der Waals surface area (Å²) in [5.41, 5.74) is 0.959. The number of pyridine rings is 1. The van der Waals surface area contributed by atoms with Gasteiger partial charge in [0.15, 0.2) is 21.7 Å². The molecule has 0 saturated carbocycles. The van der Waals surface area contributed by atoms with Crippen LogP contribution in [0.3, 0.4) is 0 Å². The van der Waals surface area contributed by atoms with E-state index >= 15 is 0 Å². The number of ether oxygens (including phenoxy) is 2. The molecule has 0 spiro atoms. The van der Waals surface area contributed by atoms with E-state index in [2.05, 4.69) is 4.98 Å². The second kappa shape index (κ2) is 7.54. The van der Waals surface area contributed by atoms with Crippen LogP contribution in [0.5, 0.6) is 0 Å². The molecule has 2 heterocycles. The highest BCUT2D eigenvalue weighted by atomic mass is 32.2. The maximum Gasteiger partial charge on any atom is 0.199 e. The highest BCUT2D eigenvalue weighted by Crippen LogP contribution is 2.44. The SMILES string of the molecule is CCCOC1=CC(C)(C)C(C2OC=CC2=O)C=C1c1ccc(S(C)(=O)=O)cn1. The summed E-state index contributed by atoms with van der Waals surface area (Å²) in [6, 6.07) is 3.19. The van der Waals surface area contributed by atoms with Gasteiger partial charge in [-0.25, -0.2) is 8.42 Å². The number of hydrogen-bond acceptors (Lipinski definition) is 6. The number of rotatable bonds is 6. The summed E-state index contributed by atoms with van der Waals surface area (Å²) >= 11 is 0. The molecule has 1 aliphatic heterocycles. The fourth-order valence-electron chi connectivity index (χ4n) is 3.38. The van der Waals surface area contributed by atoms with Gasteiger partial charge in [0.2, 0.25) is 0 Å². The predicted octanol–water partition coefficient (Wildman–Crippen LogP) is 3.32. The first-order valence-electron chi connectivity index (χ1n) is 9.23. The van der Waals surface area contributed by atoms with Crippen molar-refractivity contribution in [2.45, 2.75) is 38.2 Å². The number of carbonyl (C=O) groups is 1. The summed E-state index contributed by atoms with van der Waals surface area (Å²) in [6.45, 7) is 6.65.